The predicted octanol–water partition coefficient (Wildman–Crippen LogP) is -1.57. The van der Waals surface area contributed by atoms with Crippen LogP contribution in [-0.4, -0.2) is 42.0 Å². The third kappa shape index (κ3) is 6.77. The molecule has 0 radical (unpaired) electrons. The zero-order chi connectivity index (χ0) is 12.6. The first-order valence-corrected chi connectivity index (χ1v) is 4.99. The minimum Gasteiger partial charge on any atom is -0.481 e. The van der Waals surface area contributed by atoms with Crippen molar-refractivity contribution in [3.8, 4) is 0 Å². The molecule has 16 heavy (non-hydrogen) atoms. The lowest BCUT2D eigenvalue weighted by molar-refractivity contribution is -0.139. The van der Waals surface area contributed by atoms with Crippen molar-refractivity contribution >= 4 is 17.8 Å². The van der Waals surface area contributed by atoms with Crippen LogP contribution in [-0.2, 0) is 14.4 Å². The molecule has 1 atom stereocenters. The van der Waals surface area contributed by atoms with Gasteiger partial charge in [0.25, 0.3) is 0 Å². The number of carboxylic acids is 1. The summed E-state index contributed by atoms with van der Waals surface area (Å²) in [6.07, 6.45) is -0.271. The molecule has 1 unspecified atom stereocenters. The standard InChI is InChI=1S/C9H17N3O4/c1-2-11-7(13)3-4-12-9(16)6(10)5-8(14)15/h6H,2-5,10H2,1H3,(H,11,13)(H,12,16)(H,14,15). The molecule has 0 aliphatic carbocycles. The highest BCUT2D eigenvalue weighted by Gasteiger charge is 2.16. The molecule has 0 aromatic heterocycles. The quantitative estimate of drug-likeness (QED) is 0.422. The van der Waals surface area contributed by atoms with E-state index in [1.54, 1.807) is 6.92 Å². The molecule has 0 heterocycles. The van der Waals surface area contributed by atoms with Crippen molar-refractivity contribution in [3.05, 3.63) is 0 Å². The van der Waals surface area contributed by atoms with Crippen molar-refractivity contribution < 1.29 is 19.5 Å². The van der Waals surface area contributed by atoms with E-state index in [9.17, 15) is 14.4 Å². The Balaban J connectivity index is 3.72. The van der Waals surface area contributed by atoms with Gasteiger partial charge in [0.2, 0.25) is 11.8 Å². The van der Waals surface area contributed by atoms with Crippen LogP contribution in [0, 0.1) is 0 Å². The van der Waals surface area contributed by atoms with Crippen LogP contribution in [0.15, 0.2) is 0 Å². The Morgan fingerprint density at radius 1 is 1.31 bits per heavy atom. The molecule has 7 nitrogen and oxygen atoms in total. The maximum Gasteiger partial charge on any atom is 0.305 e. The molecule has 5 N–H and O–H groups in total. The van der Waals surface area contributed by atoms with E-state index in [4.69, 9.17) is 10.8 Å². The SMILES string of the molecule is CCNC(=O)CCNC(=O)C(N)CC(=O)O. The lowest BCUT2D eigenvalue weighted by Gasteiger charge is -2.09. The Kier molecular flexibility index (Phi) is 6.86. The van der Waals surface area contributed by atoms with Gasteiger partial charge < -0.3 is 21.5 Å². The fraction of sp³-hybridized carbons (Fsp3) is 0.667. The molecular weight excluding hydrogens is 214 g/mol. The van der Waals surface area contributed by atoms with Gasteiger partial charge in [0.15, 0.2) is 0 Å². The first-order valence-electron chi connectivity index (χ1n) is 4.99. The highest BCUT2D eigenvalue weighted by molar-refractivity contribution is 5.86. The van der Waals surface area contributed by atoms with Crippen LogP contribution >= 0.6 is 0 Å². The number of nitrogens with one attached hydrogen (secondary N) is 2. The van der Waals surface area contributed by atoms with Crippen LogP contribution in [0.5, 0.6) is 0 Å². The number of rotatable bonds is 7. The monoisotopic (exact) mass is 231 g/mol. The third-order valence-electron chi connectivity index (χ3n) is 1.76. The summed E-state index contributed by atoms with van der Waals surface area (Å²) in [5, 5.41) is 13.3. The molecule has 0 aromatic rings. The van der Waals surface area contributed by atoms with Gasteiger partial charge in [-0.3, -0.25) is 14.4 Å². The van der Waals surface area contributed by atoms with E-state index in [1.165, 1.54) is 0 Å². The van der Waals surface area contributed by atoms with Crippen molar-refractivity contribution in [2.75, 3.05) is 13.1 Å². The number of aliphatic carboxylic acids is 1. The zero-order valence-corrected chi connectivity index (χ0v) is 9.16. The van der Waals surface area contributed by atoms with Crippen molar-refractivity contribution in [2.45, 2.75) is 25.8 Å². The minimum atomic E-state index is -1.13. The molecule has 0 bridgehead atoms. The van der Waals surface area contributed by atoms with Gasteiger partial charge in [-0.2, -0.15) is 0 Å². The maximum absolute atomic E-state index is 11.2. The van der Waals surface area contributed by atoms with E-state index in [0.717, 1.165) is 0 Å². The van der Waals surface area contributed by atoms with Gasteiger partial charge in [0.1, 0.15) is 0 Å². The Hall–Kier alpha value is -1.63. The molecular formula is C9H17N3O4. The third-order valence-corrected chi connectivity index (χ3v) is 1.76. The van der Waals surface area contributed by atoms with Crippen LogP contribution in [0.1, 0.15) is 19.8 Å². The summed E-state index contributed by atoms with van der Waals surface area (Å²) in [4.78, 5) is 32.4. The van der Waals surface area contributed by atoms with Crippen molar-refractivity contribution in [1.29, 1.82) is 0 Å². The molecule has 0 aromatic carbocycles. The van der Waals surface area contributed by atoms with Crippen molar-refractivity contribution in [2.24, 2.45) is 5.73 Å². The number of hydrogen-bond acceptors (Lipinski definition) is 4. The summed E-state index contributed by atoms with van der Waals surface area (Å²) < 4.78 is 0. The van der Waals surface area contributed by atoms with Gasteiger partial charge in [-0.15, -0.1) is 0 Å². The summed E-state index contributed by atoms with van der Waals surface area (Å²) in [5.41, 5.74) is 5.30. The summed E-state index contributed by atoms with van der Waals surface area (Å²) in [7, 11) is 0. The molecule has 7 heteroatoms. The average Bonchev–Trinajstić information content (AvgIpc) is 2.16. The van der Waals surface area contributed by atoms with Crippen LogP contribution in [0.3, 0.4) is 0 Å². The molecule has 92 valence electrons. The average molecular weight is 231 g/mol. The molecule has 0 rings (SSSR count). The van der Waals surface area contributed by atoms with E-state index in [1.807, 2.05) is 0 Å². The van der Waals surface area contributed by atoms with E-state index >= 15 is 0 Å². The molecule has 0 aliphatic rings. The van der Waals surface area contributed by atoms with Crippen LogP contribution in [0.4, 0.5) is 0 Å². The number of carbonyl (C=O) groups excluding carboxylic acids is 2. The predicted molar refractivity (Wildman–Crippen MR) is 56.5 cm³/mol. The summed E-state index contributed by atoms with van der Waals surface area (Å²) in [5.74, 6) is -1.87. The van der Waals surface area contributed by atoms with Crippen LogP contribution in [0.2, 0.25) is 0 Å². The molecule has 0 saturated carbocycles. The first-order chi connectivity index (χ1) is 7.47. The number of hydrogen-bond donors (Lipinski definition) is 4. The topological polar surface area (TPSA) is 122 Å². The largest absolute Gasteiger partial charge is 0.481 e. The second-order valence-corrected chi connectivity index (χ2v) is 3.20. The van der Waals surface area contributed by atoms with E-state index < -0.39 is 24.3 Å². The molecule has 0 fully saturated rings. The summed E-state index contributed by atoms with van der Waals surface area (Å²) in [6, 6.07) is -1.08. The van der Waals surface area contributed by atoms with Gasteiger partial charge in [-0.05, 0) is 6.92 Å². The van der Waals surface area contributed by atoms with Gasteiger partial charge in [0.05, 0.1) is 12.5 Å². The number of carboxylic acid groups (broad SMARTS) is 1. The summed E-state index contributed by atoms with van der Waals surface area (Å²) in [6.45, 7) is 2.47. The first kappa shape index (κ1) is 14.4. The lowest BCUT2D eigenvalue weighted by Crippen LogP contribution is -2.43. The smallest absolute Gasteiger partial charge is 0.305 e. The Labute approximate surface area is 93.4 Å². The normalized spacial score (nSPS) is 11.6. The molecule has 0 spiro atoms. The lowest BCUT2D eigenvalue weighted by atomic mass is 10.2. The van der Waals surface area contributed by atoms with Crippen molar-refractivity contribution in [1.82, 2.24) is 10.6 Å². The van der Waals surface area contributed by atoms with E-state index in [2.05, 4.69) is 10.6 Å². The van der Waals surface area contributed by atoms with E-state index in [-0.39, 0.29) is 18.9 Å². The second-order valence-electron chi connectivity index (χ2n) is 3.20. The maximum atomic E-state index is 11.2. The number of nitrogens with two attached hydrogens (primary N) is 1. The van der Waals surface area contributed by atoms with E-state index in [0.29, 0.717) is 6.54 Å². The Bertz CT molecular complexity index is 267. The minimum absolute atomic E-state index is 0.151. The fourth-order valence-electron chi connectivity index (χ4n) is 0.997. The van der Waals surface area contributed by atoms with Gasteiger partial charge in [-0.1, -0.05) is 0 Å². The van der Waals surface area contributed by atoms with Crippen LogP contribution in [0.25, 0.3) is 0 Å². The number of amides is 2. The fourth-order valence-corrected chi connectivity index (χ4v) is 0.997. The summed E-state index contributed by atoms with van der Waals surface area (Å²) >= 11 is 0. The Morgan fingerprint density at radius 2 is 1.94 bits per heavy atom. The van der Waals surface area contributed by atoms with Gasteiger partial charge in [-0.25, -0.2) is 0 Å². The molecule has 2 amide bonds. The highest BCUT2D eigenvalue weighted by Crippen LogP contribution is 1.88. The zero-order valence-electron chi connectivity index (χ0n) is 9.16. The van der Waals surface area contributed by atoms with Gasteiger partial charge in [0, 0.05) is 19.5 Å². The second kappa shape index (κ2) is 7.63. The Morgan fingerprint density at radius 3 is 2.44 bits per heavy atom. The van der Waals surface area contributed by atoms with Gasteiger partial charge >= 0.3 is 5.97 Å². The molecule has 0 aliphatic heterocycles. The molecule has 0 saturated heterocycles. The van der Waals surface area contributed by atoms with Crippen molar-refractivity contribution in [3.63, 3.8) is 0 Å². The number of carbonyl (C=O) groups is 3. The van der Waals surface area contributed by atoms with Crippen LogP contribution < -0.4 is 16.4 Å². The highest BCUT2D eigenvalue weighted by atomic mass is 16.4.